The van der Waals surface area contributed by atoms with Gasteiger partial charge in [0.05, 0.1) is 10.6 Å². The van der Waals surface area contributed by atoms with Gasteiger partial charge in [-0.15, -0.1) is 0 Å². The van der Waals surface area contributed by atoms with Gasteiger partial charge in [0, 0.05) is 31.9 Å². The molecule has 0 saturated heterocycles. The zero-order valence-corrected chi connectivity index (χ0v) is 12.9. The van der Waals surface area contributed by atoms with Crippen molar-refractivity contribution in [2.45, 2.75) is 31.8 Å². The normalized spacial score (nSPS) is 16.1. The molecule has 0 aromatic carbocycles. The van der Waals surface area contributed by atoms with Gasteiger partial charge >= 0.3 is 0 Å². The highest BCUT2D eigenvalue weighted by Gasteiger charge is 2.29. The molecule has 20 heavy (non-hydrogen) atoms. The third-order valence-electron chi connectivity index (χ3n) is 3.73. The molecule has 1 fully saturated rings. The largest absolute Gasteiger partial charge is 0.373 e. The number of carbonyl (C=O) groups excluding carboxylic acids is 1. The Morgan fingerprint density at radius 3 is 2.90 bits per heavy atom. The van der Waals surface area contributed by atoms with Gasteiger partial charge in [-0.1, -0.05) is 11.6 Å². The van der Waals surface area contributed by atoms with Crippen LogP contribution in [0.5, 0.6) is 0 Å². The Balaban J connectivity index is 1.94. The predicted octanol–water partition coefficient (Wildman–Crippen LogP) is 1.99. The molecule has 6 heteroatoms. The van der Waals surface area contributed by atoms with Crippen LogP contribution < -0.4 is 10.6 Å². The van der Waals surface area contributed by atoms with Crippen molar-refractivity contribution in [2.75, 3.05) is 26.0 Å². The number of pyridine rings is 1. The van der Waals surface area contributed by atoms with Crippen molar-refractivity contribution in [3.8, 4) is 0 Å². The molecule has 1 saturated carbocycles. The molecule has 110 valence electrons. The second-order valence-electron chi connectivity index (χ2n) is 5.26. The van der Waals surface area contributed by atoms with Crippen LogP contribution in [0.15, 0.2) is 12.3 Å². The summed E-state index contributed by atoms with van der Waals surface area (Å²) >= 11 is 6.02. The van der Waals surface area contributed by atoms with Gasteiger partial charge in [0.1, 0.15) is 5.82 Å². The molecule has 1 amide bonds. The highest BCUT2D eigenvalue weighted by molar-refractivity contribution is 6.33. The molecule has 1 aromatic rings. The average Bonchev–Trinajstić information content (AvgIpc) is 3.28. The lowest BCUT2D eigenvalue weighted by Gasteiger charge is -2.24. The van der Waals surface area contributed by atoms with Crippen LogP contribution in [0.3, 0.4) is 0 Å². The van der Waals surface area contributed by atoms with E-state index in [-0.39, 0.29) is 5.91 Å². The Morgan fingerprint density at radius 1 is 1.60 bits per heavy atom. The van der Waals surface area contributed by atoms with Gasteiger partial charge in [0.2, 0.25) is 0 Å². The molecule has 0 spiro atoms. The van der Waals surface area contributed by atoms with Crippen LogP contribution in [-0.2, 0) is 0 Å². The number of amides is 1. The van der Waals surface area contributed by atoms with Crippen molar-refractivity contribution in [1.29, 1.82) is 0 Å². The number of likely N-dealkylation sites (N-methyl/N-ethyl adjacent to an activating group) is 1. The number of carbonyl (C=O) groups is 1. The monoisotopic (exact) mass is 296 g/mol. The van der Waals surface area contributed by atoms with Crippen LogP contribution in [-0.4, -0.2) is 48.5 Å². The summed E-state index contributed by atoms with van der Waals surface area (Å²) in [6.07, 6.45) is 4.01. The van der Waals surface area contributed by atoms with Gasteiger partial charge in [-0.05, 0) is 32.9 Å². The molecule has 2 rings (SSSR count). The van der Waals surface area contributed by atoms with E-state index >= 15 is 0 Å². The lowest BCUT2D eigenvalue weighted by Crippen LogP contribution is -2.41. The van der Waals surface area contributed by atoms with Crippen molar-refractivity contribution in [3.63, 3.8) is 0 Å². The fourth-order valence-corrected chi connectivity index (χ4v) is 2.26. The van der Waals surface area contributed by atoms with Crippen LogP contribution in [0.4, 0.5) is 5.82 Å². The first-order chi connectivity index (χ1) is 9.52. The average molecular weight is 297 g/mol. The van der Waals surface area contributed by atoms with Crippen molar-refractivity contribution >= 4 is 23.3 Å². The molecular formula is C14H21ClN4O. The van der Waals surface area contributed by atoms with E-state index in [1.54, 1.807) is 13.1 Å². The van der Waals surface area contributed by atoms with Gasteiger partial charge in [-0.25, -0.2) is 4.98 Å². The van der Waals surface area contributed by atoms with Crippen molar-refractivity contribution < 1.29 is 4.79 Å². The molecule has 5 nitrogen and oxygen atoms in total. The van der Waals surface area contributed by atoms with Crippen molar-refractivity contribution in [2.24, 2.45) is 0 Å². The summed E-state index contributed by atoms with van der Waals surface area (Å²) in [4.78, 5) is 18.6. The molecule has 1 aliphatic rings. The van der Waals surface area contributed by atoms with E-state index in [0.29, 0.717) is 35.0 Å². The quantitative estimate of drug-likeness (QED) is 0.843. The fraction of sp³-hybridized carbons (Fsp3) is 0.571. The molecule has 1 aromatic heterocycles. The zero-order chi connectivity index (χ0) is 14.7. The topological polar surface area (TPSA) is 57.3 Å². The first-order valence-corrected chi connectivity index (χ1v) is 7.24. The summed E-state index contributed by atoms with van der Waals surface area (Å²) in [5.74, 6) is 0.465. The van der Waals surface area contributed by atoms with E-state index in [4.69, 9.17) is 11.6 Å². The molecule has 0 radical (unpaired) electrons. The van der Waals surface area contributed by atoms with Gasteiger partial charge in [0.25, 0.3) is 5.91 Å². The molecule has 1 heterocycles. The van der Waals surface area contributed by atoms with Crippen LogP contribution in [0.2, 0.25) is 5.02 Å². The standard InChI is InChI=1S/C14H21ClN4O/c1-9(19(3)10-4-5-10)7-18-14(20)11-6-13(16-2)17-8-12(11)15/h6,8-10H,4-5,7H2,1-3H3,(H,16,17)(H,18,20). The van der Waals surface area contributed by atoms with Crippen LogP contribution in [0.25, 0.3) is 0 Å². The van der Waals surface area contributed by atoms with Crippen LogP contribution in [0, 0.1) is 0 Å². The molecule has 0 bridgehead atoms. The van der Waals surface area contributed by atoms with E-state index in [1.807, 2.05) is 0 Å². The number of aromatic nitrogens is 1. The minimum absolute atomic E-state index is 0.162. The van der Waals surface area contributed by atoms with Crippen LogP contribution in [0.1, 0.15) is 30.1 Å². The summed E-state index contributed by atoms with van der Waals surface area (Å²) < 4.78 is 0. The first-order valence-electron chi connectivity index (χ1n) is 6.86. The minimum atomic E-state index is -0.162. The maximum Gasteiger partial charge on any atom is 0.253 e. The number of hydrogen-bond acceptors (Lipinski definition) is 4. The summed E-state index contributed by atoms with van der Waals surface area (Å²) in [7, 11) is 3.86. The highest BCUT2D eigenvalue weighted by atomic mass is 35.5. The summed E-state index contributed by atoms with van der Waals surface area (Å²) in [6, 6.07) is 2.66. The smallest absolute Gasteiger partial charge is 0.253 e. The first kappa shape index (κ1) is 15.1. The van der Waals surface area contributed by atoms with E-state index in [1.165, 1.54) is 19.0 Å². The Kier molecular flexibility index (Phi) is 4.83. The molecule has 1 aliphatic carbocycles. The SMILES string of the molecule is CNc1cc(C(=O)NCC(C)N(C)C2CC2)c(Cl)cn1. The third kappa shape index (κ3) is 3.61. The van der Waals surface area contributed by atoms with Gasteiger partial charge in [-0.3, -0.25) is 9.69 Å². The summed E-state index contributed by atoms with van der Waals surface area (Å²) in [6.45, 7) is 2.73. The van der Waals surface area contributed by atoms with Gasteiger partial charge in [-0.2, -0.15) is 0 Å². The number of rotatable bonds is 6. The number of nitrogens with one attached hydrogen (secondary N) is 2. The second kappa shape index (κ2) is 6.41. The third-order valence-corrected chi connectivity index (χ3v) is 4.03. The predicted molar refractivity (Wildman–Crippen MR) is 81.4 cm³/mol. The maximum absolute atomic E-state index is 12.2. The van der Waals surface area contributed by atoms with E-state index in [0.717, 1.165) is 0 Å². The maximum atomic E-state index is 12.2. The molecule has 2 N–H and O–H groups in total. The van der Waals surface area contributed by atoms with E-state index in [9.17, 15) is 4.79 Å². The van der Waals surface area contributed by atoms with Crippen LogP contribution >= 0.6 is 11.6 Å². The lowest BCUT2D eigenvalue weighted by molar-refractivity contribution is 0.0939. The molecule has 1 unspecified atom stereocenters. The highest BCUT2D eigenvalue weighted by Crippen LogP contribution is 2.26. The summed E-state index contributed by atoms with van der Waals surface area (Å²) in [5.41, 5.74) is 0.451. The van der Waals surface area contributed by atoms with Crippen molar-refractivity contribution in [3.05, 3.63) is 22.8 Å². The minimum Gasteiger partial charge on any atom is -0.373 e. The summed E-state index contributed by atoms with van der Waals surface area (Å²) in [5, 5.41) is 6.20. The Morgan fingerprint density at radius 2 is 2.30 bits per heavy atom. The lowest BCUT2D eigenvalue weighted by atomic mass is 10.2. The zero-order valence-electron chi connectivity index (χ0n) is 12.1. The molecule has 1 atom stereocenters. The molecule has 0 aliphatic heterocycles. The number of hydrogen-bond donors (Lipinski definition) is 2. The number of anilines is 1. The molecular weight excluding hydrogens is 276 g/mol. The Bertz CT molecular complexity index is 490. The fourth-order valence-electron chi connectivity index (χ4n) is 2.07. The van der Waals surface area contributed by atoms with E-state index in [2.05, 4.69) is 34.5 Å². The number of nitrogens with zero attached hydrogens (tertiary/aromatic N) is 2. The van der Waals surface area contributed by atoms with E-state index < -0.39 is 0 Å². The van der Waals surface area contributed by atoms with Gasteiger partial charge < -0.3 is 10.6 Å². The number of halogens is 1. The van der Waals surface area contributed by atoms with Gasteiger partial charge in [0.15, 0.2) is 0 Å². The second-order valence-corrected chi connectivity index (χ2v) is 5.66. The Hall–Kier alpha value is -1.33. The van der Waals surface area contributed by atoms with Crippen molar-refractivity contribution in [1.82, 2.24) is 15.2 Å². The Labute approximate surface area is 124 Å².